The highest BCUT2D eigenvalue weighted by Crippen LogP contribution is 2.18. The summed E-state index contributed by atoms with van der Waals surface area (Å²) in [5.74, 6) is 0.743. The van der Waals surface area contributed by atoms with E-state index in [0.717, 1.165) is 26.0 Å². The lowest BCUT2D eigenvalue weighted by Crippen LogP contribution is -2.43. The van der Waals surface area contributed by atoms with Crippen LogP contribution < -0.4 is 5.32 Å². The van der Waals surface area contributed by atoms with E-state index < -0.39 is 9.84 Å². The van der Waals surface area contributed by atoms with E-state index in [1.54, 1.807) is 7.11 Å². The van der Waals surface area contributed by atoms with Crippen LogP contribution in [0.5, 0.6) is 0 Å². The van der Waals surface area contributed by atoms with E-state index in [-0.39, 0.29) is 17.5 Å². The highest BCUT2D eigenvalue weighted by Gasteiger charge is 2.29. The van der Waals surface area contributed by atoms with E-state index in [9.17, 15) is 8.42 Å². The molecular weight excluding hydrogens is 266 g/mol. The predicted molar refractivity (Wildman–Crippen MR) is 76.2 cm³/mol. The van der Waals surface area contributed by atoms with Crippen LogP contribution in [-0.2, 0) is 19.3 Å². The zero-order chi connectivity index (χ0) is 14.1. The van der Waals surface area contributed by atoms with Gasteiger partial charge in [0.05, 0.1) is 18.1 Å². The summed E-state index contributed by atoms with van der Waals surface area (Å²) < 4.78 is 34.5. The fourth-order valence-corrected chi connectivity index (χ4v) is 4.00. The molecule has 1 N–H and O–H groups in total. The molecule has 1 rings (SSSR count). The average Bonchev–Trinajstić information content (AvgIpc) is 2.88. The molecular formula is C13H27NO4S. The van der Waals surface area contributed by atoms with Crippen LogP contribution in [0.4, 0.5) is 0 Å². The summed E-state index contributed by atoms with van der Waals surface area (Å²) >= 11 is 0. The molecule has 2 unspecified atom stereocenters. The minimum atomic E-state index is -3.02. The summed E-state index contributed by atoms with van der Waals surface area (Å²) in [5, 5.41) is 3.37. The predicted octanol–water partition coefficient (Wildman–Crippen LogP) is 0.842. The van der Waals surface area contributed by atoms with Gasteiger partial charge in [0.1, 0.15) is 0 Å². The van der Waals surface area contributed by atoms with Gasteiger partial charge in [-0.05, 0) is 25.8 Å². The molecule has 1 fully saturated rings. The van der Waals surface area contributed by atoms with E-state index in [4.69, 9.17) is 9.47 Å². The van der Waals surface area contributed by atoms with Crippen molar-refractivity contribution < 1.29 is 17.9 Å². The molecule has 0 spiro atoms. The lowest BCUT2D eigenvalue weighted by molar-refractivity contribution is 0.178. The number of sulfone groups is 1. The fraction of sp³-hybridized carbons (Fsp3) is 1.00. The summed E-state index contributed by atoms with van der Waals surface area (Å²) in [4.78, 5) is 0. The van der Waals surface area contributed by atoms with Crippen LogP contribution in [0.1, 0.15) is 26.2 Å². The third-order valence-corrected chi connectivity index (χ3v) is 5.21. The van der Waals surface area contributed by atoms with E-state index in [2.05, 4.69) is 12.2 Å². The van der Waals surface area contributed by atoms with Gasteiger partial charge in [0, 0.05) is 32.3 Å². The monoisotopic (exact) mass is 293 g/mol. The molecule has 0 aromatic rings. The molecule has 0 saturated carbocycles. The Morgan fingerprint density at radius 3 is 2.84 bits per heavy atom. The van der Waals surface area contributed by atoms with Gasteiger partial charge in [-0.25, -0.2) is 8.42 Å². The van der Waals surface area contributed by atoms with Crippen molar-refractivity contribution in [2.75, 3.05) is 45.0 Å². The van der Waals surface area contributed by atoms with Gasteiger partial charge in [0.2, 0.25) is 0 Å². The molecule has 6 heteroatoms. The smallest absolute Gasteiger partial charge is 0.151 e. The topological polar surface area (TPSA) is 64.6 Å². The SMILES string of the molecule is CCCNC(CS(=O)(=O)CCCOC)C1CCOC1. The Labute approximate surface area is 117 Å². The van der Waals surface area contributed by atoms with Crippen LogP contribution in [0.15, 0.2) is 0 Å². The molecule has 5 nitrogen and oxygen atoms in total. The third kappa shape index (κ3) is 6.70. The van der Waals surface area contributed by atoms with Gasteiger partial charge in [-0.2, -0.15) is 0 Å². The maximum Gasteiger partial charge on any atom is 0.151 e. The zero-order valence-electron chi connectivity index (χ0n) is 12.1. The fourth-order valence-electron chi connectivity index (χ4n) is 2.34. The number of hydrogen-bond donors (Lipinski definition) is 1. The molecule has 0 aromatic heterocycles. The van der Waals surface area contributed by atoms with Gasteiger partial charge in [0.25, 0.3) is 0 Å². The van der Waals surface area contributed by atoms with E-state index in [1.165, 1.54) is 0 Å². The Kier molecular flexibility index (Phi) is 7.90. The largest absolute Gasteiger partial charge is 0.385 e. The molecule has 1 aliphatic rings. The van der Waals surface area contributed by atoms with E-state index >= 15 is 0 Å². The first-order valence-corrected chi connectivity index (χ1v) is 8.91. The first-order chi connectivity index (χ1) is 9.09. The Morgan fingerprint density at radius 2 is 2.26 bits per heavy atom. The summed E-state index contributed by atoms with van der Waals surface area (Å²) in [6.07, 6.45) is 2.53. The first-order valence-electron chi connectivity index (χ1n) is 7.09. The molecule has 0 aliphatic carbocycles. The maximum atomic E-state index is 12.1. The van der Waals surface area contributed by atoms with E-state index in [1.807, 2.05) is 0 Å². The molecule has 0 aromatic carbocycles. The maximum absolute atomic E-state index is 12.1. The second kappa shape index (κ2) is 8.89. The van der Waals surface area contributed by atoms with Crippen molar-refractivity contribution in [1.82, 2.24) is 5.32 Å². The molecule has 1 saturated heterocycles. The highest BCUT2D eigenvalue weighted by atomic mass is 32.2. The van der Waals surface area contributed by atoms with Gasteiger partial charge in [0.15, 0.2) is 9.84 Å². The van der Waals surface area contributed by atoms with Crippen molar-refractivity contribution in [2.45, 2.75) is 32.2 Å². The number of ether oxygens (including phenoxy) is 2. The quantitative estimate of drug-likeness (QED) is 0.605. The Hall–Kier alpha value is -0.170. The lowest BCUT2D eigenvalue weighted by Gasteiger charge is -2.23. The van der Waals surface area contributed by atoms with Gasteiger partial charge in [-0.3, -0.25) is 0 Å². The van der Waals surface area contributed by atoms with Gasteiger partial charge in [-0.15, -0.1) is 0 Å². The van der Waals surface area contributed by atoms with Crippen LogP contribution >= 0.6 is 0 Å². The number of methoxy groups -OCH3 is 1. The first kappa shape index (κ1) is 16.9. The van der Waals surface area contributed by atoms with Gasteiger partial charge in [-0.1, -0.05) is 6.92 Å². The molecule has 0 bridgehead atoms. The van der Waals surface area contributed by atoms with Crippen LogP contribution in [0, 0.1) is 5.92 Å². The second-order valence-corrected chi connectivity index (χ2v) is 7.37. The Bertz CT molecular complexity index is 326. The molecule has 2 atom stereocenters. The van der Waals surface area contributed by atoms with Crippen molar-refractivity contribution in [2.24, 2.45) is 5.92 Å². The van der Waals surface area contributed by atoms with Gasteiger partial charge >= 0.3 is 0 Å². The Balaban J connectivity index is 2.49. The van der Waals surface area contributed by atoms with E-state index in [0.29, 0.717) is 25.6 Å². The average molecular weight is 293 g/mol. The molecule has 1 aliphatic heterocycles. The number of hydrogen-bond acceptors (Lipinski definition) is 5. The van der Waals surface area contributed by atoms with Crippen LogP contribution in [0.3, 0.4) is 0 Å². The summed E-state index contributed by atoms with van der Waals surface area (Å²) in [7, 11) is -1.43. The molecule has 114 valence electrons. The van der Waals surface area contributed by atoms with Crippen molar-refractivity contribution in [3.8, 4) is 0 Å². The van der Waals surface area contributed by atoms with Crippen molar-refractivity contribution in [3.63, 3.8) is 0 Å². The van der Waals surface area contributed by atoms with Gasteiger partial charge < -0.3 is 14.8 Å². The van der Waals surface area contributed by atoms with Crippen LogP contribution in [0.25, 0.3) is 0 Å². The van der Waals surface area contributed by atoms with Crippen molar-refractivity contribution in [3.05, 3.63) is 0 Å². The van der Waals surface area contributed by atoms with Crippen LogP contribution in [0.2, 0.25) is 0 Å². The summed E-state index contributed by atoms with van der Waals surface area (Å²) in [6.45, 7) is 4.86. The third-order valence-electron chi connectivity index (χ3n) is 3.43. The minimum absolute atomic E-state index is 0.0231. The summed E-state index contributed by atoms with van der Waals surface area (Å²) in [5.41, 5.74) is 0. The Morgan fingerprint density at radius 1 is 1.47 bits per heavy atom. The lowest BCUT2D eigenvalue weighted by atomic mass is 10.0. The summed E-state index contributed by atoms with van der Waals surface area (Å²) in [6, 6.07) is 0.0231. The standard InChI is InChI=1S/C13H27NO4S/c1-3-6-14-13(12-5-8-18-10-12)11-19(15,16)9-4-7-17-2/h12-14H,3-11H2,1-2H3. The highest BCUT2D eigenvalue weighted by molar-refractivity contribution is 7.91. The molecule has 0 amide bonds. The van der Waals surface area contributed by atoms with Crippen LogP contribution in [-0.4, -0.2) is 59.4 Å². The normalized spacial score (nSPS) is 21.7. The molecule has 1 heterocycles. The molecule has 19 heavy (non-hydrogen) atoms. The number of rotatable bonds is 10. The van der Waals surface area contributed by atoms with Crippen molar-refractivity contribution in [1.29, 1.82) is 0 Å². The minimum Gasteiger partial charge on any atom is -0.385 e. The zero-order valence-corrected chi connectivity index (χ0v) is 12.9. The van der Waals surface area contributed by atoms with Crippen molar-refractivity contribution >= 4 is 9.84 Å². The second-order valence-electron chi connectivity index (χ2n) is 5.15. The molecule has 0 radical (unpaired) electrons. The number of nitrogens with one attached hydrogen (secondary N) is 1.